The minimum atomic E-state index is -3.83. The van der Waals surface area contributed by atoms with Crippen LogP contribution in [0.2, 0.25) is 0 Å². The maximum absolute atomic E-state index is 13.0. The molecule has 0 unspecified atom stereocenters. The van der Waals surface area contributed by atoms with Crippen molar-refractivity contribution in [1.29, 1.82) is 0 Å². The summed E-state index contributed by atoms with van der Waals surface area (Å²) in [6.07, 6.45) is 1.01. The molecule has 0 saturated heterocycles. The van der Waals surface area contributed by atoms with Gasteiger partial charge in [-0.05, 0) is 38.1 Å². The average molecular weight is 448 g/mol. The van der Waals surface area contributed by atoms with E-state index in [-0.39, 0.29) is 23.5 Å². The lowest BCUT2D eigenvalue weighted by molar-refractivity contribution is -0.116. The van der Waals surface area contributed by atoms with Crippen LogP contribution < -0.4 is 19.1 Å². The minimum absolute atomic E-state index is 0.176. The van der Waals surface area contributed by atoms with Crippen LogP contribution >= 0.6 is 0 Å². The second-order valence-electron chi connectivity index (χ2n) is 6.82. The maximum Gasteiger partial charge on any atom is 0.340 e. The number of carbonyl (C=O) groups excluding carboxylic acids is 2. The number of rotatable bonds is 7. The molecular formula is C21H24N2O7S. The summed E-state index contributed by atoms with van der Waals surface area (Å²) in [7, 11) is -3.83. The molecule has 9 nitrogen and oxygen atoms in total. The molecule has 3 rings (SSSR count). The average Bonchev–Trinajstić information content (AvgIpc) is 2.73. The highest BCUT2D eigenvalue weighted by Gasteiger charge is 2.31. The summed E-state index contributed by atoms with van der Waals surface area (Å²) in [6.45, 7) is 4.07. The normalized spacial score (nSPS) is 13.8. The molecule has 1 heterocycles. The molecule has 1 aliphatic rings. The van der Waals surface area contributed by atoms with Gasteiger partial charge in [0.1, 0.15) is 19.3 Å². The second kappa shape index (κ2) is 9.25. The fraction of sp³-hybridized carbons (Fsp3) is 0.333. The Labute approximate surface area is 181 Å². The van der Waals surface area contributed by atoms with Gasteiger partial charge in [0.15, 0.2) is 11.5 Å². The number of amides is 1. The molecule has 1 N–H and O–H groups in total. The van der Waals surface area contributed by atoms with Crippen molar-refractivity contribution in [3.8, 4) is 11.5 Å². The van der Waals surface area contributed by atoms with Crippen molar-refractivity contribution in [3.63, 3.8) is 0 Å². The van der Waals surface area contributed by atoms with Gasteiger partial charge >= 0.3 is 5.97 Å². The van der Waals surface area contributed by atoms with Crippen LogP contribution in [0.3, 0.4) is 0 Å². The van der Waals surface area contributed by atoms with Crippen LogP contribution in [-0.4, -0.2) is 52.4 Å². The van der Waals surface area contributed by atoms with Gasteiger partial charge in [-0.3, -0.25) is 9.10 Å². The van der Waals surface area contributed by atoms with Crippen molar-refractivity contribution in [3.05, 3.63) is 48.0 Å². The first-order chi connectivity index (χ1) is 14.7. The lowest BCUT2D eigenvalue weighted by Gasteiger charge is -2.29. The van der Waals surface area contributed by atoms with Crippen LogP contribution in [0.15, 0.2) is 42.5 Å². The Kier molecular flexibility index (Phi) is 6.69. The maximum atomic E-state index is 13.0. The van der Waals surface area contributed by atoms with Crippen molar-refractivity contribution in [1.82, 2.24) is 0 Å². The standard InChI is InChI=1S/C21H24N2O7S/c1-4-28-21(25)16-7-5-6-8-17(16)22-20(24)14(2)23(31(3,26)27)15-9-10-18-19(13-15)30-12-11-29-18/h5-10,13-14H,4,11-12H2,1-3H3,(H,22,24)/t14-/m1/s1. The second-order valence-corrected chi connectivity index (χ2v) is 8.68. The Hall–Kier alpha value is -3.27. The number of fused-ring (bicyclic) bond motifs is 1. The van der Waals surface area contributed by atoms with Gasteiger partial charge in [-0.1, -0.05) is 12.1 Å². The molecule has 1 aliphatic heterocycles. The number of para-hydroxylation sites is 1. The fourth-order valence-electron chi connectivity index (χ4n) is 3.19. The number of nitrogens with zero attached hydrogens (tertiary/aromatic N) is 1. The van der Waals surface area contributed by atoms with E-state index in [1.807, 2.05) is 0 Å². The molecular weight excluding hydrogens is 424 g/mol. The van der Waals surface area contributed by atoms with E-state index >= 15 is 0 Å². The monoisotopic (exact) mass is 448 g/mol. The SMILES string of the molecule is CCOC(=O)c1ccccc1NC(=O)[C@@H](C)N(c1ccc2c(c1)OCCO2)S(C)(=O)=O. The zero-order chi connectivity index (χ0) is 22.6. The molecule has 0 aromatic heterocycles. The number of hydrogen-bond donors (Lipinski definition) is 1. The van der Waals surface area contributed by atoms with E-state index in [0.29, 0.717) is 24.7 Å². The zero-order valence-electron chi connectivity index (χ0n) is 17.5. The summed E-state index contributed by atoms with van der Waals surface area (Å²) in [4.78, 5) is 25.1. The van der Waals surface area contributed by atoms with Gasteiger partial charge in [-0.25, -0.2) is 13.2 Å². The number of ether oxygens (including phenoxy) is 3. The van der Waals surface area contributed by atoms with E-state index in [0.717, 1.165) is 10.6 Å². The van der Waals surface area contributed by atoms with E-state index < -0.39 is 27.9 Å². The summed E-state index contributed by atoms with van der Waals surface area (Å²) in [5.74, 6) is -0.295. The van der Waals surface area contributed by atoms with E-state index in [4.69, 9.17) is 14.2 Å². The number of esters is 1. The Morgan fingerprint density at radius 1 is 1.13 bits per heavy atom. The highest BCUT2D eigenvalue weighted by Crippen LogP contribution is 2.35. The fourth-order valence-corrected chi connectivity index (χ4v) is 4.36. The molecule has 0 fully saturated rings. The third-order valence-corrected chi connectivity index (χ3v) is 5.79. The molecule has 2 aromatic rings. The predicted octanol–water partition coefficient (Wildman–Crippen LogP) is 2.43. The minimum Gasteiger partial charge on any atom is -0.486 e. The summed E-state index contributed by atoms with van der Waals surface area (Å²) in [5, 5.41) is 2.63. The summed E-state index contributed by atoms with van der Waals surface area (Å²) >= 11 is 0. The Bertz CT molecular complexity index is 1080. The van der Waals surface area contributed by atoms with Crippen molar-refractivity contribution >= 4 is 33.3 Å². The smallest absolute Gasteiger partial charge is 0.340 e. The van der Waals surface area contributed by atoms with Gasteiger partial charge in [-0.2, -0.15) is 0 Å². The molecule has 0 radical (unpaired) electrons. The lowest BCUT2D eigenvalue weighted by Crippen LogP contribution is -2.45. The predicted molar refractivity (Wildman–Crippen MR) is 115 cm³/mol. The lowest BCUT2D eigenvalue weighted by atomic mass is 10.1. The molecule has 31 heavy (non-hydrogen) atoms. The van der Waals surface area contributed by atoms with Crippen LogP contribution in [-0.2, 0) is 19.6 Å². The van der Waals surface area contributed by atoms with E-state index in [1.165, 1.54) is 19.1 Å². The number of benzene rings is 2. The van der Waals surface area contributed by atoms with Gasteiger partial charge in [0, 0.05) is 6.07 Å². The Morgan fingerprint density at radius 3 is 2.48 bits per heavy atom. The number of nitrogens with one attached hydrogen (secondary N) is 1. The van der Waals surface area contributed by atoms with Gasteiger partial charge < -0.3 is 19.5 Å². The quantitative estimate of drug-likeness (QED) is 0.648. The first kappa shape index (κ1) is 22.4. The first-order valence-electron chi connectivity index (χ1n) is 9.68. The topological polar surface area (TPSA) is 111 Å². The number of carbonyl (C=O) groups is 2. The number of sulfonamides is 1. The van der Waals surface area contributed by atoms with E-state index in [1.54, 1.807) is 37.3 Å². The molecule has 0 spiro atoms. The largest absolute Gasteiger partial charge is 0.486 e. The molecule has 2 aromatic carbocycles. The van der Waals surface area contributed by atoms with Crippen LogP contribution in [0, 0.1) is 0 Å². The van der Waals surface area contributed by atoms with E-state index in [2.05, 4.69) is 5.32 Å². The summed E-state index contributed by atoms with van der Waals surface area (Å²) in [6, 6.07) is 9.91. The highest BCUT2D eigenvalue weighted by atomic mass is 32.2. The van der Waals surface area contributed by atoms with Crippen LogP contribution in [0.4, 0.5) is 11.4 Å². The van der Waals surface area contributed by atoms with Crippen molar-refractivity contribution in [2.24, 2.45) is 0 Å². The van der Waals surface area contributed by atoms with Gasteiger partial charge in [0.05, 0.1) is 29.8 Å². The first-order valence-corrected chi connectivity index (χ1v) is 11.5. The van der Waals surface area contributed by atoms with Crippen LogP contribution in [0.25, 0.3) is 0 Å². The molecule has 0 bridgehead atoms. The molecule has 166 valence electrons. The Balaban J connectivity index is 1.89. The van der Waals surface area contributed by atoms with Gasteiger partial charge in [0.2, 0.25) is 15.9 Å². The Morgan fingerprint density at radius 2 is 1.81 bits per heavy atom. The van der Waals surface area contributed by atoms with Crippen molar-refractivity contribution < 1.29 is 32.2 Å². The van der Waals surface area contributed by atoms with Crippen molar-refractivity contribution in [2.75, 3.05) is 35.7 Å². The summed E-state index contributed by atoms with van der Waals surface area (Å²) < 4.78 is 42.1. The zero-order valence-corrected chi connectivity index (χ0v) is 18.3. The molecule has 0 saturated carbocycles. The van der Waals surface area contributed by atoms with Crippen LogP contribution in [0.5, 0.6) is 11.5 Å². The third-order valence-electron chi connectivity index (χ3n) is 4.55. The molecule has 10 heteroatoms. The molecule has 1 atom stereocenters. The molecule has 1 amide bonds. The number of hydrogen-bond acceptors (Lipinski definition) is 7. The number of anilines is 2. The van der Waals surface area contributed by atoms with Gasteiger partial charge in [0.25, 0.3) is 0 Å². The van der Waals surface area contributed by atoms with E-state index in [9.17, 15) is 18.0 Å². The summed E-state index contributed by atoms with van der Waals surface area (Å²) in [5.41, 5.74) is 0.664. The van der Waals surface area contributed by atoms with Crippen LogP contribution in [0.1, 0.15) is 24.2 Å². The van der Waals surface area contributed by atoms with Gasteiger partial charge in [-0.15, -0.1) is 0 Å². The molecule has 0 aliphatic carbocycles. The third kappa shape index (κ3) is 5.08. The van der Waals surface area contributed by atoms with Crippen molar-refractivity contribution in [2.45, 2.75) is 19.9 Å². The highest BCUT2D eigenvalue weighted by molar-refractivity contribution is 7.92.